The van der Waals surface area contributed by atoms with Crippen LogP contribution >= 0.6 is 15.9 Å². The lowest BCUT2D eigenvalue weighted by Crippen LogP contribution is -2.29. The van der Waals surface area contributed by atoms with Gasteiger partial charge in [-0.1, -0.05) is 0 Å². The molecule has 108 valence electrons. The number of benzene rings is 1. The van der Waals surface area contributed by atoms with E-state index >= 15 is 0 Å². The molecule has 0 aliphatic carbocycles. The van der Waals surface area contributed by atoms with Gasteiger partial charge >= 0.3 is 0 Å². The highest BCUT2D eigenvalue weighted by atomic mass is 79.9. The van der Waals surface area contributed by atoms with E-state index in [2.05, 4.69) is 21.2 Å². The minimum Gasteiger partial charge on any atom is -0.494 e. The number of nitrogens with one attached hydrogen (secondary N) is 1. The van der Waals surface area contributed by atoms with Crippen LogP contribution in [0.4, 0.5) is 8.78 Å². The Morgan fingerprint density at radius 1 is 1.21 bits per heavy atom. The number of ether oxygens (including phenoxy) is 3. The Morgan fingerprint density at radius 2 is 1.84 bits per heavy atom. The van der Waals surface area contributed by atoms with E-state index in [0.717, 1.165) is 0 Å². The van der Waals surface area contributed by atoms with Gasteiger partial charge in [0, 0.05) is 27.3 Å². The molecule has 0 aliphatic heterocycles. The molecule has 0 saturated heterocycles. The van der Waals surface area contributed by atoms with Crippen LogP contribution < -0.4 is 10.1 Å². The summed E-state index contributed by atoms with van der Waals surface area (Å²) in [6, 6.07) is 1.43. The van der Waals surface area contributed by atoms with E-state index in [9.17, 15) is 8.78 Å². The standard InChI is InChI=1S/C12H16BrF2NO3/c1-17-8-4-7(10(13)12(15)11(8)14)5-16-6-9(18-2)19-3/h4,9,16H,5-6H2,1-3H3. The second kappa shape index (κ2) is 7.74. The van der Waals surface area contributed by atoms with Crippen molar-refractivity contribution in [2.45, 2.75) is 12.8 Å². The van der Waals surface area contributed by atoms with Crippen LogP contribution in [-0.2, 0) is 16.0 Å². The van der Waals surface area contributed by atoms with E-state index in [-0.39, 0.29) is 10.2 Å². The van der Waals surface area contributed by atoms with E-state index in [4.69, 9.17) is 14.2 Å². The molecule has 0 bridgehead atoms. The van der Waals surface area contributed by atoms with Gasteiger partial charge in [0.15, 0.2) is 17.9 Å². The predicted octanol–water partition coefficient (Wildman–Crippen LogP) is 2.44. The third-order valence-electron chi connectivity index (χ3n) is 2.56. The van der Waals surface area contributed by atoms with Crippen molar-refractivity contribution < 1.29 is 23.0 Å². The first-order valence-electron chi connectivity index (χ1n) is 5.51. The third kappa shape index (κ3) is 4.10. The number of methoxy groups -OCH3 is 3. The lowest BCUT2D eigenvalue weighted by molar-refractivity contribution is -0.0989. The van der Waals surface area contributed by atoms with Gasteiger partial charge in [-0.05, 0) is 27.6 Å². The molecule has 4 nitrogen and oxygen atoms in total. The molecular formula is C12H16BrF2NO3. The van der Waals surface area contributed by atoms with E-state index in [1.165, 1.54) is 27.4 Å². The SMILES string of the molecule is COc1cc(CNCC(OC)OC)c(Br)c(F)c1F. The number of halogens is 3. The highest BCUT2D eigenvalue weighted by Gasteiger charge is 2.17. The highest BCUT2D eigenvalue weighted by Crippen LogP contribution is 2.30. The zero-order valence-electron chi connectivity index (χ0n) is 10.9. The van der Waals surface area contributed by atoms with Crippen LogP contribution in [0, 0.1) is 11.6 Å². The summed E-state index contributed by atoms with van der Waals surface area (Å²) in [5, 5.41) is 3.02. The molecule has 0 fully saturated rings. The van der Waals surface area contributed by atoms with E-state index < -0.39 is 17.9 Å². The Bertz CT molecular complexity index is 428. The van der Waals surface area contributed by atoms with E-state index in [0.29, 0.717) is 18.7 Å². The van der Waals surface area contributed by atoms with Crippen LogP contribution in [0.15, 0.2) is 10.5 Å². The zero-order valence-corrected chi connectivity index (χ0v) is 12.5. The van der Waals surface area contributed by atoms with Crippen LogP contribution in [0.2, 0.25) is 0 Å². The molecule has 1 aromatic rings. The Kier molecular flexibility index (Phi) is 6.64. The summed E-state index contributed by atoms with van der Waals surface area (Å²) in [7, 11) is 4.33. The average Bonchev–Trinajstić information content (AvgIpc) is 2.43. The molecule has 0 spiro atoms. The molecule has 0 saturated carbocycles. The number of rotatable bonds is 7. The van der Waals surface area contributed by atoms with Crippen LogP contribution in [0.3, 0.4) is 0 Å². The van der Waals surface area contributed by atoms with Gasteiger partial charge in [-0.2, -0.15) is 4.39 Å². The second-order valence-electron chi connectivity index (χ2n) is 3.71. The van der Waals surface area contributed by atoms with Crippen LogP contribution in [0.25, 0.3) is 0 Å². The molecule has 0 unspecified atom stereocenters. The maximum absolute atomic E-state index is 13.6. The lowest BCUT2D eigenvalue weighted by Gasteiger charge is -2.15. The Labute approximate surface area is 119 Å². The van der Waals surface area contributed by atoms with Crippen LogP contribution in [0.5, 0.6) is 5.75 Å². The molecule has 19 heavy (non-hydrogen) atoms. The molecule has 0 atom stereocenters. The summed E-state index contributed by atoms with van der Waals surface area (Å²) >= 11 is 3.02. The van der Waals surface area contributed by atoms with Gasteiger partial charge in [-0.25, -0.2) is 4.39 Å². The average molecular weight is 340 g/mol. The van der Waals surface area contributed by atoms with Crippen molar-refractivity contribution in [3.05, 3.63) is 27.7 Å². The van der Waals surface area contributed by atoms with Crippen molar-refractivity contribution in [1.29, 1.82) is 0 Å². The fourth-order valence-corrected chi connectivity index (χ4v) is 1.92. The van der Waals surface area contributed by atoms with Crippen molar-refractivity contribution in [2.75, 3.05) is 27.9 Å². The summed E-state index contributed by atoms with van der Waals surface area (Å²) in [6.45, 7) is 0.734. The lowest BCUT2D eigenvalue weighted by atomic mass is 10.2. The Balaban J connectivity index is 2.76. The van der Waals surface area contributed by atoms with Crippen molar-refractivity contribution in [2.24, 2.45) is 0 Å². The smallest absolute Gasteiger partial charge is 0.201 e. The zero-order chi connectivity index (χ0) is 14.4. The first kappa shape index (κ1) is 16.3. The summed E-state index contributed by atoms with van der Waals surface area (Å²) < 4.78 is 41.8. The monoisotopic (exact) mass is 339 g/mol. The first-order chi connectivity index (χ1) is 9.04. The fraction of sp³-hybridized carbons (Fsp3) is 0.500. The first-order valence-corrected chi connectivity index (χ1v) is 6.31. The Morgan fingerprint density at radius 3 is 2.37 bits per heavy atom. The minimum atomic E-state index is -1.01. The van der Waals surface area contributed by atoms with Gasteiger partial charge in [-0.15, -0.1) is 0 Å². The van der Waals surface area contributed by atoms with Crippen LogP contribution in [0.1, 0.15) is 5.56 Å². The molecule has 0 heterocycles. The number of hydrogen-bond acceptors (Lipinski definition) is 4. The molecular weight excluding hydrogens is 324 g/mol. The molecule has 1 rings (SSSR count). The largest absolute Gasteiger partial charge is 0.494 e. The summed E-state index contributed by atoms with van der Waals surface area (Å²) in [6.07, 6.45) is -0.397. The quantitative estimate of drug-likeness (QED) is 0.611. The normalized spacial score (nSPS) is 11.1. The van der Waals surface area contributed by atoms with Crippen molar-refractivity contribution >= 4 is 15.9 Å². The van der Waals surface area contributed by atoms with Crippen LogP contribution in [-0.4, -0.2) is 34.2 Å². The molecule has 0 aromatic heterocycles. The maximum Gasteiger partial charge on any atom is 0.201 e. The van der Waals surface area contributed by atoms with Crippen molar-refractivity contribution in [3.63, 3.8) is 0 Å². The fourth-order valence-electron chi connectivity index (χ4n) is 1.50. The summed E-state index contributed by atoms with van der Waals surface area (Å²) in [5.41, 5.74) is 0.543. The number of hydrogen-bond donors (Lipinski definition) is 1. The molecule has 7 heteroatoms. The molecule has 1 aromatic carbocycles. The van der Waals surface area contributed by atoms with E-state index in [1.807, 2.05) is 0 Å². The van der Waals surface area contributed by atoms with E-state index in [1.54, 1.807) is 0 Å². The second-order valence-corrected chi connectivity index (χ2v) is 4.50. The highest BCUT2D eigenvalue weighted by molar-refractivity contribution is 9.10. The predicted molar refractivity (Wildman–Crippen MR) is 70.1 cm³/mol. The molecule has 0 radical (unpaired) electrons. The van der Waals surface area contributed by atoms with Crippen molar-refractivity contribution in [1.82, 2.24) is 5.32 Å². The van der Waals surface area contributed by atoms with Gasteiger partial charge in [0.25, 0.3) is 0 Å². The van der Waals surface area contributed by atoms with Gasteiger partial charge < -0.3 is 19.5 Å². The van der Waals surface area contributed by atoms with Gasteiger partial charge in [-0.3, -0.25) is 0 Å². The third-order valence-corrected chi connectivity index (χ3v) is 3.42. The maximum atomic E-state index is 13.6. The topological polar surface area (TPSA) is 39.7 Å². The minimum absolute atomic E-state index is 0.0738. The van der Waals surface area contributed by atoms with Gasteiger partial charge in [0.05, 0.1) is 11.6 Å². The summed E-state index contributed by atoms with van der Waals surface area (Å²) in [5.74, 6) is -2.11. The summed E-state index contributed by atoms with van der Waals surface area (Å²) in [4.78, 5) is 0. The molecule has 0 aliphatic rings. The molecule has 1 N–H and O–H groups in total. The van der Waals surface area contributed by atoms with Crippen molar-refractivity contribution in [3.8, 4) is 5.75 Å². The van der Waals surface area contributed by atoms with Gasteiger partial charge in [0.1, 0.15) is 0 Å². The Hall–Kier alpha value is -0.760. The van der Waals surface area contributed by atoms with Gasteiger partial charge in [0.2, 0.25) is 5.82 Å². The molecule has 0 amide bonds.